The number of amides is 1. The minimum absolute atomic E-state index is 0.0348. The standard InChI is InChI=1S/C13H21N3O3S/c1-15(2)6-12-14-10(8-20-12)13(19)16-4-3-9(7-17)11(18)5-16/h8-9,11,17-18H,3-7H2,1-2H3/t9-,11-/m1/s1. The Morgan fingerprint density at radius 2 is 2.35 bits per heavy atom. The zero-order chi connectivity index (χ0) is 14.7. The molecular weight excluding hydrogens is 278 g/mol. The Hall–Kier alpha value is -1.02. The Labute approximate surface area is 122 Å². The van der Waals surface area contributed by atoms with E-state index in [0.29, 0.717) is 25.2 Å². The summed E-state index contributed by atoms with van der Waals surface area (Å²) in [5.74, 6) is -0.263. The quantitative estimate of drug-likeness (QED) is 0.820. The highest BCUT2D eigenvalue weighted by molar-refractivity contribution is 7.09. The number of hydrogen-bond donors (Lipinski definition) is 2. The summed E-state index contributed by atoms with van der Waals surface area (Å²) < 4.78 is 0. The average Bonchev–Trinajstić information content (AvgIpc) is 2.85. The average molecular weight is 299 g/mol. The maximum absolute atomic E-state index is 12.3. The lowest BCUT2D eigenvalue weighted by Gasteiger charge is -2.34. The van der Waals surface area contributed by atoms with Gasteiger partial charge in [-0.05, 0) is 20.5 Å². The summed E-state index contributed by atoms with van der Waals surface area (Å²) >= 11 is 1.47. The number of thiazole rings is 1. The number of nitrogens with zero attached hydrogens (tertiary/aromatic N) is 3. The molecule has 20 heavy (non-hydrogen) atoms. The van der Waals surface area contributed by atoms with E-state index in [2.05, 4.69) is 4.98 Å². The van der Waals surface area contributed by atoms with Crippen LogP contribution in [0.25, 0.3) is 0 Å². The van der Waals surface area contributed by atoms with Crippen molar-refractivity contribution >= 4 is 17.2 Å². The predicted molar refractivity (Wildman–Crippen MR) is 76.6 cm³/mol. The van der Waals surface area contributed by atoms with E-state index in [9.17, 15) is 9.90 Å². The van der Waals surface area contributed by atoms with Gasteiger partial charge in [0.15, 0.2) is 0 Å². The van der Waals surface area contributed by atoms with Crippen LogP contribution in [0, 0.1) is 5.92 Å². The van der Waals surface area contributed by atoms with Gasteiger partial charge in [-0.2, -0.15) is 0 Å². The third-order valence-corrected chi connectivity index (χ3v) is 4.30. The molecule has 1 fully saturated rings. The molecule has 7 heteroatoms. The van der Waals surface area contributed by atoms with Crippen molar-refractivity contribution in [3.05, 3.63) is 16.1 Å². The fourth-order valence-electron chi connectivity index (χ4n) is 2.29. The van der Waals surface area contributed by atoms with Gasteiger partial charge in [-0.25, -0.2) is 4.98 Å². The van der Waals surface area contributed by atoms with Gasteiger partial charge >= 0.3 is 0 Å². The van der Waals surface area contributed by atoms with Crippen LogP contribution >= 0.6 is 11.3 Å². The molecule has 0 bridgehead atoms. The predicted octanol–water partition coefficient (Wildman–Crippen LogP) is 0.0200. The van der Waals surface area contributed by atoms with Crippen molar-refractivity contribution in [2.45, 2.75) is 19.1 Å². The summed E-state index contributed by atoms with van der Waals surface area (Å²) in [6.07, 6.45) is -0.0319. The van der Waals surface area contributed by atoms with Crippen molar-refractivity contribution in [3.8, 4) is 0 Å². The van der Waals surface area contributed by atoms with Crippen molar-refractivity contribution in [1.29, 1.82) is 0 Å². The van der Waals surface area contributed by atoms with Crippen LogP contribution in [-0.2, 0) is 6.54 Å². The van der Waals surface area contributed by atoms with Gasteiger partial charge in [0.25, 0.3) is 5.91 Å². The van der Waals surface area contributed by atoms with E-state index in [0.717, 1.165) is 5.01 Å². The van der Waals surface area contributed by atoms with Gasteiger partial charge in [0.1, 0.15) is 10.7 Å². The van der Waals surface area contributed by atoms with Crippen LogP contribution in [0.15, 0.2) is 5.38 Å². The van der Waals surface area contributed by atoms with E-state index in [1.807, 2.05) is 19.0 Å². The van der Waals surface area contributed by atoms with Crippen LogP contribution in [0.1, 0.15) is 21.9 Å². The van der Waals surface area contributed by atoms with Gasteiger partial charge in [-0.15, -0.1) is 11.3 Å². The zero-order valence-corrected chi connectivity index (χ0v) is 12.6. The van der Waals surface area contributed by atoms with Crippen LogP contribution in [-0.4, -0.2) is 70.8 Å². The van der Waals surface area contributed by atoms with Gasteiger partial charge in [0, 0.05) is 37.5 Å². The van der Waals surface area contributed by atoms with E-state index < -0.39 is 6.10 Å². The number of aromatic nitrogens is 1. The summed E-state index contributed by atoms with van der Waals surface area (Å²) in [5.41, 5.74) is 0.446. The monoisotopic (exact) mass is 299 g/mol. The van der Waals surface area contributed by atoms with Gasteiger partial charge in [-0.1, -0.05) is 0 Å². The van der Waals surface area contributed by atoms with Gasteiger partial charge < -0.3 is 20.0 Å². The maximum atomic E-state index is 12.3. The number of piperidine rings is 1. The van der Waals surface area contributed by atoms with Crippen molar-refractivity contribution in [1.82, 2.24) is 14.8 Å². The SMILES string of the molecule is CN(C)Cc1nc(C(=O)N2CC[C@H](CO)[C@H](O)C2)cs1. The second-order valence-corrected chi connectivity index (χ2v) is 6.36. The number of β-amino-alcohol motifs (C(OH)–C–C–N with tert-alkyl or cyclic N) is 1. The summed E-state index contributed by atoms with van der Waals surface area (Å²) in [6.45, 7) is 1.51. The minimum Gasteiger partial charge on any atom is -0.396 e. The maximum Gasteiger partial charge on any atom is 0.273 e. The fraction of sp³-hybridized carbons (Fsp3) is 0.692. The molecule has 0 aromatic carbocycles. The molecule has 0 aliphatic carbocycles. The number of carbonyl (C=O) groups excluding carboxylic acids is 1. The molecule has 2 heterocycles. The Kier molecular flexibility index (Phi) is 5.09. The number of aliphatic hydroxyl groups is 2. The molecule has 2 atom stereocenters. The summed E-state index contributed by atoms with van der Waals surface area (Å²) in [6, 6.07) is 0. The zero-order valence-electron chi connectivity index (χ0n) is 11.8. The smallest absolute Gasteiger partial charge is 0.273 e. The number of rotatable bonds is 4. The summed E-state index contributed by atoms with van der Waals surface area (Å²) in [5, 5.41) is 21.7. The molecule has 0 unspecified atom stereocenters. The molecule has 1 saturated heterocycles. The van der Waals surface area contributed by atoms with E-state index in [1.165, 1.54) is 11.3 Å². The molecule has 0 spiro atoms. The topological polar surface area (TPSA) is 76.9 Å². The first kappa shape index (κ1) is 15.4. The lowest BCUT2D eigenvalue weighted by molar-refractivity contribution is 0.000681. The second kappa shape index (κ2) is 6.62. The number of aliphatic hydroxyl groups excluding tert-OH is 2. The molecule has 2 N–H and O–H groups in total. The third-order valence-electron chi connectivity index (χ3n) is 3.47. The summed E-state index contributed by atoms with van der Waals surface area (Å²) in [4.78, 5) is 20.3. The summed E-state index contributed by atoms with van der Waals surface area (Å²) in [7, 11) is 3.91. The molecular formula is C13H21N3O3S. The van der Waals surface area contributed by atoms with E-state index in [-0.39, 0.29) is 25.0 Å². The lowest BCUT2D eigenvalue weighted by atomic mass is 9.94. The van der Waals surface area contributed by atoms with Gasteiger partial charge in [0.05, 0.1) is 6.10 Å². The minimum atomic E-state index is -0.655. The molecule has 1 aliphatic heterocycles. The first-order valence-corrected chi connectivity index (χ1v) is 7.56. The molecule has 1 amide bonds. The Morgan fingerprint density at radius 1 is 1.60 bits per heavy atom. The van der Waals surface area contributed by atoms with Gasteiger partial charge in [0.2, 0.25) is 0 Å². The van der Waals surface area contributed by atoms with Crippen LogP contribution in [0.2, 0.25) is 0 Å². The molecule has 1 aliphatic rings. The van der Waals surface area contributed by atoms with Crippen molar-refractivity contribution < 1.29 is 15.0 Å². The van der Waals surface area contributed by atoms with E-state index in [1.54, 1.807) is 10.3 Å². The van der Waals surface area contributed by atoms with Crippen LogP contribution in [0.4, 0.5) is 0 Å². The molecule has 0 radical (unpaired) electrons. The van der Waals surface area contributed by atoms with Crippen LogP contribution < -0.4 is 0 Å². The molecule has 1 aromatic heterocycles. The van der Waals surface area contributed by atoms with E-state index >= 15 is 0 Å². The van der Waals surface area contributed by atoms with Crippen molar-refractivity contribution in [3.63, 3.8) is 0 Å². The molecule has 6 nitrogen and oxygen atoms in total. The fourth-order valence-corrected chi connectivity index (χ4v) is 3.18. The number of carbonyl (C=O) groups is 1. The van der Waals surface area contributed by atoms with Crippen LogP contribution in [0.3, 0.4) is 0 Å². The largest absolute Gasteiger partial charge is 0.396 e. The Bertz CT molecular complexity index is 463. The molecule has 0 saturated carbocycles. The normalized spacial score (nSPS) is 23.4. The highest BCUT2D eigenvalue weighted by Gasteiger charge is 2.30. The van der Waals surface area contributed by atoms with Crippen molar-refractivity contribution in [2.75, 3.05) is 33.8 Å². The van der Waals surface area contributed by atoms with Crippen molar-refractivity contribution in [2.24, 2.45) is 5.92 Å². The first-order chi connectivity index (χ1) is 9.51. The first-order valence-electron chi connectivity index (χ1n) is 6.68. The highest BCUT2D eigenvalue weighted by atomic mass is 32.1. The molecule has 112 valence electrons. The Morgan fingerprint density at radius 3 is 2.95 bits per heavy atom. The number of hydrogen-bond acceptors (Lipinski definition) is 6. The Balaban J connectivity index is 1.99. The van der Waals surface area contributed by atoms with Crippen LogP contribution in [0.5, 0.6) is 0 Å². The second-order valence-electron chi connectivity index (χ2n) is 5.41. The lowest BCUT2D eigenvalue weighted by Crippen LogP contribution is -2.47. The highest BCUT2D eigenvalue weighted by Crippen LogP contribution is 2.20. The van der Waals surface area contributed by atoms with Gasteiger partial charge in [-0.3, -0.25) is 4.79 Å². The number of likely N-dealkylation sites (tertiary alicyclic amines) is 1. The molecule has 2 rings (SSSR count). The third kappa shape index (κ3) is 3.54. The van der Waals surface area contributed by atoms with E-state index in [4.69, 9.17) is 5.11 Å². The molecule has 1 aromatic rings.